The summed E-state index contributed by atoms with van der Waals surface area (Å²) in [7, 11) is 0. The van der Waals surface area contributed by atoms with E-state index in [1.54, 1.807) is 0 Å². The Hall–Kier alpha value is -1.79. The number of guanidine groups is 1. The van der Waals surface area contributed by atoms with Gasteiger partial charge in [0.2, 0.25) is 11.8 Å². The Labute approximate surface area is 139 Å². The zero-order chi connectivity index (χ0) is 17.6. The lowest BCUT2D eigenvalue weighted by Crippen LogP contribution is -2.66. The van der Waals surface area contributed by atoms with Crippen LogP contribution in [0.2, 0.25) is 0 Å². The molecule has 1 aliphatic rings. The van der Waals surface area contributed by atoms with Crippen LogP contribution in [0.4, 0.5) is 0 Å². The normalized spacial score (nSPS) is 18.4. The number of nitrogens with one attached hydrogen (secondary N) is 2. The molecule has 1 saturated heterocycles. The van der Waals surface area contributed by atoms with Crippen LogP contribution in [0.3, 0.4) is 0 Å². The molecule has 1 rings (SSSR count). The molecule has 1 aliphatic heterocycles. The highest BCUT2D eigenvalue weighted by atomic mass is 16.2. The number of rotatable bonds is 5. The first kappa shape index (κ1) is 19.3. The van der Waals surface area contributed by atoms with Crippen molar-refractivity contribution in [2.45, 2.75) is 53.1 Å². The van der Waals surface area contributed by atoms with Crippen molar-refractivity contribution in [2.24, 2.45) is 4.99 Å². The second-order valence-corrected chi connectivity index (χ2v) is 6.65. The molecule has 0 saturated carbocycles. The van der Waals surface area contributed by atoms with E-state index in [0.29, 0.717) is 25.6 Å². The quantitative estimate of drug-likeness (QED) is 0.567. The molecular weight excluding hydrogens is 294 g/mol. The zero-order valence-electron chi connectivity index (χ0n) is 15.3. The smallest absolute Gasteiger partial charge is 0.242 e. The lowest BCUT2D eigenvalue weighted by atomic mass is 9.96. The molecule has 132 valence electrons. The van der Waals surface area contributed by atoms with Crippen LogP contribution >= 0.6 is 0 Å². The van der Waals surface area contributed by atoms with Gasteiger partial charge in [-0.25, -0.2) is 4.99 Å². The van der Waals surface area contributed by atoms with Crippen LogP contribution in [0.25, 0.3) is 0 Å². The number of likely N-dealkylation sites (N-methyl/N-ethyl adjacent to an activating group) is 1. The molecular formula is C16H31N5O2. The molecule has 0 spiro atoms. The lowest BCUT2D eigenvalue weighted by molar-refractivity contribution is -0.145. The van der Waals surface area contributed by atoms with Crippen LogP contribution in [0.15, 0.2) is 4.99 Å². The van der Waals surface area contributed by atoms with E-state index in [2.05, 4.69) is 29.5 Å². The predicted octanol–water partition coefficient (Wildman–Crippen LogP) is 0.419. The van der Waals surface area contributed by atoms with Gasteiger partial charge in [0, 0.05) is 25.7 Å². The Kier molecular flexibility index (Phi) is 6.84. The Bertz CT molecular complexity index is 459. The molecule has 0 radical (unpaired) electrons. The van der Waals surface area contributed by atoms with E-state index in [-0.39, 0.29) is 36.5 Å². The third-order valence-electron chi connectivity index (χ3n) is 3.72. The first-order valence-corrected chi connectivity index (χ1v) is 8.35. The monoisotopic (exact) mass is 325 g/mol. The third-order valence-corrected chi connectivity index (χ3v) is 3.72. The van der Waals surface area contributed by atoms with E-state index in [1.165, 1.54) is 0 Å². The summed E-state index contributed by atoms with van der Waals surface area (Å²) >= 11 is 0. The highest BCUT2D eigenvalue weighted by molar-refractivity contribution is 5.90. The summed E-state index contributed by atoms with van der Waals surface area (Å²) in [5.74, 6) is 0.581. The summed E-state index contributed by atoms with van der Waals surface area (Å²) in [6.07, 6.45) is 0. The number of hydrogen-bond donors (Lipinski definition) is 2. The maximum Gasteiger partial charge on any atom is 0.242 e. The van der Waals surface area contributed by atoms with Gasteiger partial charge in [0.05, 0.1) is 12.1 Å². The summed E-state index contributed by atoms with van der Waals surface area (Å²) in [6, 6.07) is 0.162. The molecule has 0 aromatic rings. The molecule has 0 bridgehead atoms. The third kappa shape index (κ3) is 5.11. The van der Waals surface area contributed by atoms with Gasteiger partial charge in [-0.15, -0.1) is 0 Å². The van der Waals surface area contributed by atoms with Crippen molar-refractivity contribution in [2.75, 3.05) is 32.7 Å². The number of carbonyl (C=O) groups is 2. The number of carbonyl (C=O) groups excluding carboxylic acids is 2. The molecule has 0 aromatic heterocycles. The summed E-state index contributed by atoms with van der Waals surface area (Å²) in [6.45, 7) is 14.3. The standard InChI is InChI=1S/C16H31N5O2/c1-7-17-13(22)9-19-15(18-8-2)20-10-14(23)21(12(3)4)16(5,6)11-20/h12H,7-11H2,1-6H3,(H,17,22)(H,18,19). The first-order valence-electron chi connectivity index (χ1n) is 8.35. The average Bonchev–Trinajstić information content (AvgIpc) is 2.41. The van der Waals surface area contributed by atoms with Gasteiger partial charge in [-0.05, 0) is 41.5 Å². The molecule has 1 heterocycles. The van der Waals surface area contributed by atoms with Crippen molar-refractivity contribution >= 4 is 17.8 Å². The second-order valence-electron chi connectivity index (χ2n) is 6.65. The molecule has 2 amide bonds. The van der Waals surface area contributed by atoms with Crippen molar-refractivity contribution < 1.29 is 9.59 Å². The number of piperazine rings is 1. The molecule has 7 nitrogen and oxygen atoms in total. The Morgan fingerprint density at radius 3 is 2.35 bits per heavy atom. The maximum atomic E-state index is 12.5. The van der Waals surface area contributed by atoms with E-state index in [9.17, 15) is 9.59 Å². The highest BCUT2D eigenvalue weighted by Crippen LogP contribution is 2.24. The van der Waals surface area contributed by atoms with Crippen LogP contribution in [-0.2, 0) is 9.59 Å². The lowest BCUT2D eigenvalue weighted by Gasteiger charge is -2.49. The molecule has 0 aromatic carbocycles. The minimum absolute atomic E-state index is 0.0647. The van der Waals surface area contributed by atoms with Crippen LogP contribution in [0, 0.1) is 0 Å². The van der Waals surface area contributed by atoms with Gasteiger partial charge in [-0.1, -0.05) is 0 Å². The molecule has 23 heavy (non-hydrogen) atoms. The largest absolute Gasteiger partial charge is 0.356 e. The SMILES string of the molecule is CCNC(=O)CN=C(NCC)N1CC(=O)N(C(C)C)C(C)(C)C1. The molecule has 0 unspecified atom stereocenters. The summed E-state index contributed by atoms with van der Waals surface area (Å²) in [5.41, 5.74) is -0.286. The number of amides is 2. The summed E-state index contributed by atoms with van der Waals surface area (Å²) < 4.78 is 0. The van der Waals surface area contributed by atoms with Crippen LogP contribution < -0.4 is 10.6 Å². The van der Waals surface area contributed by atoms with Gasteiger partial charge in [0.1, 0.15) is 6.54 Å². The highest BCUT2D eigenvalue weighted by Gasteiger charge is 2.40. The van der Waals surface area contributed by atoms with Gasteiger partial charge >= 0.3 is 0 Å². The van der Waals surface area contributed by atoms with Gasteiger partial charge in [-0.2, -0.15) is 0 Å². The Morgan fingerprint density at radius 1 is 1.26 bits per heavy atom. The van der Waals surface area contributed by atoms with Crippen LogP contribution in [-0.4, -0.2) is 71.9 Å². The number of aliphatic imine (C=N–C) groups is 1. The fourth-order valence-corrected chi connectivity index (χ4v) is 3.14. The van der Waals surface area contributed by atoms with Crippen molar-refractivity contribution in [3.8, 4) is 0 Å². The number of hydrogen-bond acceptors (Lipinski definition) is 3. The van der Waals surface area contributed by atoms with E-state index in [4.69, 9.17) is 0 Å². The molecule has 7 heteroatoms. The van der Waals surface area contributed by atoms with Crippen molar-refractivity contribution in [1.29, 1.82) is 0 Å². The van der Waals surface area contributed by atoms with Crippen molar-refractivity contribution in [3.05, 3.63) is 0 Å². The summed E-state index contributed by atoms with van der Waals surface area (Å²) in [5, 5.41) is 5.90. The Morgan fingerprint density at radius 2 is 1.87 bits per heavy atom. The minimum atomic E-state index is -0.286. The predicted molar refractivity (Wildman–Crippen MR) is 92.3 cm³/mol. The van der Waals surface area contributed by atoms with Gasteiger partial charge in [0.25, 0.3) is 0 Å². The van der Waals surface area contributed by atoms with E-state index in [0.717, 1.165) is 0 Å². The van der Waals surface area contributed by atoms with E-state index >= 15 is 0 Å². The van der Waals surface area contributed by atoms with E-state index in [1.807, 2.05) is 37.5 Å². The Balaban J connectivity index is 2.90. The summed E-state index contributed by atoms with van der Waals surface area (Å²) in [4.78, 5) is 32.4. The first-order chi connectivity index (χ1) is 10.7. The number of nitrogens with zero attached hydrogens (tertiary/aromatic N) is 3. The fraction of sp³-hybridized carbons (Fsp3) is 0.812. The molecule has 0 aliphatic carbocycles. The van der Waals surface area contributed by atoms with Crippen molar-refractivity contribution in [3.63, 3.8) is 0 Å². The fourth-order valence-electron chi connectivity index (χ4n) is 3.14. The van der Waals surface area contributed by atoms with Gasteiger partial charge in [-0.3, -0.25) is 9.59 Å². The minimum Gasteiger partial charge on any atom is -0.356 e. The van der Waals surface area contributed by atoms with Gasteiger partial charge in [0.15, 0.2) is 5.96 Å². The topological polar surface area (TPSA) is 77.0 Å². The maximum absolute atomic E-state index is 12.5. The zero-order valence-corrected chi connectivity index (χ0v) is 15.3. The van der Waals surface area contributed by atoms with Gasteiger partial charge < -0.3 is 20.4 Å². The van der Waals surface area contributed by atoms with Crippen LogP contribution in [0.5, 0.6) is 0 Å². The van der Waals surface area contributed by atoms with Crippen molar-refractivity contribution in [1.82, 2.24) is 20.4 Å². The molecule has 0 atom stereocenters. The molecule has 1 fully saturated rings. The van der Waals surface area contributed by atoms with Crippen LogP contribution in [0.1, 0.15) is 41.5 Å². The molecule has 2 N–H and O–H groups in total. The van der Waals surface area contributed by atoms with E-state index < -0.39 is 0 Å². The average molecular weight is 325 g/mol. The second kappa shape index (κ2) is 8.17.